The minimum atomic E-state index is -1.05. The standard InChI is InChI=1S/C13H11FN2O2/c1-8-2-4-10(14)11(6-8)16-12-5-3-9(7-15-12)13(17)18/h2-7H,1H3,(H,15,16)(H,17,18). The summed E-state index contributed by atoms with van der Waals surface area (Å²) in [6.07, 6.45) is 1.22. The number of carbonyl (C=O) groups is 1. The third kappa shape index (κ3) is 2.63. The molecule has 5 heteroatoms. The lowest BCUT2D eigenvalue weighted by Crippen LogP contribution is -2.00. The first-order valence-electron chi connectivity index (χ1n) is 5.29. The van der Waals surface area contributed by atoms with Crippen molar-refractivity contribution in [1.29, 1.82) is 0 Å². The number of hydrogen-bond acceptors (Lipinski definition) is 3. The third-order valence-electron chi connectivity index (χ3n) is 2.40. The topological polar surface area (TPSA) is 62.2 Å². The maximum Gasteiger partial charge on any atom is 0.337 e. The molecule has 0 aliphatic heterocycles. The van der Waals surface area contributed by atoms with Crippen molar-refractivity contribution in [3.63, 3.8) is 0 Å². The van der Waals surface area contributed by atoms with Gasteiger partial charge in [-0.2, -0.15) is 0 Å². The highest BCUT2D eigenvalue weighted by molar-refractivity contribution is 5.87. The fraction of sp³-hybridized carbons (Fsp3) is 0.0769. The highest BCUT2D eigenvalue weighted by atomic mass is 19.1. The molecular weight excluding hydrogens is 235 g/mol. The van der Waals surface area contributed by atoms with Crippen molar-refractivity contribution in [1.82, 2.24) is 4.98 Å². The Morgan fingerprint density at radius 2 is 2.11 bits per heavy atom. The highest BCUT2D eigenvalue weighted by Crippen LogP contribution is 2.19. The number of nitrogens with one attached hydrogen (secondary N) is 1. The largest absolute Gasteiger partial charge is 0.478 e. The fourth-order valence-corrected chi connectivity index (χ4v) is 1.47. The number of aromatic nitrogens is 1. The van der Waals surface area contributed by atoms with E-state index in [0.29, 0.717) is 11.5 Å². The quantitative estimate of drug-likeness (QED) is 0.874. The molecular formula is C13H11FN2O2. The van der Waals surface area contributed by atoms with Crippen LogP contribution < -0.4 is 5.32 Å². The number of rotatable bonds is 3. The van der Waals surface area contributed by atoms with Gasteiger partial charge in [0, 0.05) is 6.20 Å². The van der Waals surface area contributed by atoms with Crippen molar-refractivity contribution < 1.29 is 14.3 Å². The van der Waals surface area contributed by atoms with Crippen molar-refractivity contribution in [2.24, 2.45) is 0 Å². The lowest BCUT2D eigenvalue weighted by Gasteiger charge is -2.07. The van der Waals surface area contributed by atoms with Gasteiger partial charge >= 0.3 is 5.97 Å². The molecule has 18 heavy (non-hydrogen) atoms. The second-order valence-electron chi connectivity index (χ2n) is 3.85. The van der Waals surface area contributed by atoms with Gasteiger partial charge < -0.3 is 10.4 Å². The molecule has 0 saturated carbocycles. The van der Waals surface area contributed by atoms with Gasteiger partial charge in [0.05, 0.1) is 11.3 Å². The van der Waals surface area contributed by atoms with E-state index in [9.17, 15) is 9.18 Å². The first-order valence-corrected chi connectivity index (χ1v) is 5.29. The monoisotopic (exact) mass is 246 g/mol. The highest BCUT2D eigenvalue weighted by Gasteiger charge is 2.05. The van der Waals surface area contributed by atoms with Crippen LogP contribution in [0.1, 0.15) is 15.9 Å². The van der Waals surface area contributed by atoms with Crippen LogP contribution in [0.5, 0.6) is 0 Å². The Morgan fingerprint density at radius 1 is 1.33 bits per heavy atom. The second kappa shape index (κ2) is 4.83. The van der Waals surface area contributed by atoms with Gasteiger partial charge in [-0.25, -0.2) is 14.2 Å². The smallest absolute Gasteiger partial charge is 0.337 e. The van der Waals surface area contributed by atoms with Gasteiger partial charge in [-0.15, -0.1) is 0 Å². The number of pyridine rings is 1. The van der Waals surface area contributed by atoms with Gasteiger partial charge in [0.25, 0.3) is 0 Å². The number of benzene rings is 1. The molecule has 0 unspecified atom stereocenters. The zero-order valence-electron chi connectivity index (χ0n) is 9.64. The summed E-state index contributed by atoms with van der Waals surface area (Å²) >= 11 is 0. The number of halogens is 1. The van der Waals surface area contributed by atoms with E-state index >= 15 is 0 Å². The van der Waals surface area contributed by atoms with Crippen molar-refractivity contribution in [2.45, 2.75) is 6.92 Å². The van der Waals surface area contributed by atoms with E-state index in [1.165, 1.54) is 24.4 Å². The Morgan fingerprint density at radius 3 is 2.72 bits per heavy atom. The molecule has 1 aromatic carbocycles. The molecule has 0 aliphatic rings. The Bertz CT molecular complexity index is 582. The summed E-state index contributed by atoms with van der Waals surface area (Å²) in [5.74, 6) is -1.04. The van der Waals surface area contributed by atoms with E-state index in [-0.39, 0.29) is 11.4 Å². The van der Waals surface area contributed by atoms with Gasteiger partial charge in [0.2, 0.25) is 0 Å². The van der Waals surface area contributed by atoms with E-state index in [4.69, 9.17) is 5.11 Å². The van der Waals surface area contributed by atoms with E-state index < -0.39 is 5.97 Å². The molecule has 0 radical (unpaired) electrons. The zero-order valence-corrected chi connectivity index (χ0v) is 9.64. The number of carboxylic acids is 1. The van der Waals surface area contributed by atoms with E-state index in [0.717, 1.165) is 5.56 Å². The second-order valence-corrected chi connectivity index (χ2v) is 3.85. The molecule has 1 heterocycles. The van der Waals surface area contributed by atoms with E-state index in [2.05, 4.69) is 10.3 Å². The van der Waals surface area contributed by atoms with Crippen molar-refractivity contribution >= 4 is 17.5 Å². The SMILES string of the molecule is Cc1ccc(F)c(Nc2ccc(C(=O)O)cn2)c1. The summed E-state index contributed by atoms with van der Waals surface area (Å²) in [6.45, 7) is 1.85. The molecule has 0 saturated heterocycles. The summed E-state index contributed by atoms with van der Waals surface area (Å²) in [4.78, 5) is 14.6. The lowest BCUT2D eigenvalue weighted by atomic mass is 10.2. The number of hydrogen-bond donors (Lipinski definition) is 2. The minimum Gasteiger partial charge on any atom is -0.478 e. The van der Waals surface area contributed by atoms with Crippen LogP contribution in [0.4, 0.5) is 15.9 Å². The first kappa shape index (κ1) is 12.0. The number of nitrogens with zero attached hydrogens (tertiary/aromatic N) is 1. The molecule has 2 rings (SSSR count). The van der Waals surface area contributed by atoms with Crippen LogP contribution in [0.3, 0.4) is 0 Å². The molecule has 92 valence electrons. The number of aryl methyl sites for hydroxylation is 1. The van der Waals surface area contributed by atoms with Crippen LogP contribution in [-0.4, -0.2) is 16.1 Å². The van der Waals surface area contributed by atoms with Crippen LogP contribution in [0, 0.1) is 12.7 Å². The summed E-state index contributed by atoms with van der Waals surface area (Å²) in [6, 6.07) is 7.59. The molecule has 0 atom stereocenters. The molecule has 4 nitrogen and oxygen atoms in total. The summed E-state index contributed by atoms with van der Waals surface area (Å²) < 4.78 is 13.5. The first-order chi connectivity index (χ1) is 8.56. The predicted octanol–water partition coefficient (Wildman–Crippen LogP) is 2.97. The van der Waals surface area contributed by atoms with Gasteiger partial charge in [0.1, 0.15) is 11.6 Å². The summed E-state index contributed by atoms with van der Waals surface area (Å²) in [7, 11) is 0. The molecule has 0 fully saturated rings. The van der Waals surface area contributed by atoms with Crippen molar-refractivity contribution in [3.8, 4) is 0 Å². The predicted molar refractivity (Wildman–Crippen MR) is 65.6 cm³/mol. The van der Waals surface area contributed by atoms with Gasteiger partial charge in [-0.3, -0.25) is 0 Å². The molecule has 0 spiro atoms. The van der Waals surface area contributed by atoms with Crippen molar-refractivity contribution in [3.05, 3.63) is 53.5 Å². The molecule has 0 amide bonds. The molecule has 1 aromatic heterocycles. The van der Waals surface area contributed by atoms with Gasteiger partial charge in [-0.05, 0) is 36.8 Å². The lowest BCUT2D eigenvalue weighted by molar-refractivity contribution is 0.0696. The maximum absolute atomic E-state index is 13.5. The zero-order chi connectivity index (χ0) is 13.1. The van der Waals surface area contributed by atoms with E-state index in [1.54, 1.807) is 12.1 Å². The average molecular weight is 246 g/mol. The van der Waals surface area contributed by atoms with Crippen molar-refractivity contribution in [2.75, 3.05) is 5.32 Å². The molecule has 0 bridgehead atoms. The van der Waals surface area contributed by atoms with Crippen LogP contribution in [0.2, 0.25) is 0 Å². The van der Waals surface area contributed by atoms with E-state index in [1.807, 2.05) is 6.92 Å². The molecule has 2 N–H and O–H groups in total. The molecule has 2 aromatic rings. The van der Waals surface area contributed by atoms with Crippen LogP contribution in [-0.2, 0) is 0 Å². The number of aromatic carboxylic acids is 1. The fourth-order valence-electron chi connectivity index (χ4n) is 1.47. The maximum atomic E-state index is 13.5. The van der Waals surface area contributed by atoms with Gasteiger partial charge in [0.15, 0.2) is 0 Å². The third-order valence-corrected chi connectivity index (χ3v) is 2.40. The average Bonchev–Trinajstić information content (AvgIpc) is 2.34. The van der Waals surface area contributed by atoms with Crippen LogP contribution in [0.15, 0.2) is 36.5 Å². The summed E-state index contributed by atoms with van der Waals surface area (Å²) in [5, 5.41) is 11.5. The van der Waals surface area contributed by atoms with Crippen LogP contribution >= 0.6 is 0 Å². The Labute approximate surface area is 103 Å². The Balaban J connectivity index is 2.23. The van der Waals surface area contributed by atoms with Crippen LogP contribution in [0.25, 0.3) is 0 Å². The Kier molecular flexibility index (Phi) is 3.23. The van der Waals surface area contributed by atoms with Gasteiger partial charge in [-0.1, -0.05) is 6.07 Å². The summed E-state index contributed by atoms with van der Waals surface area (Å²) in [5.41, 5.74) is 1.32. The number of carboxylic acid groups (broad SMARTS) is 1. The molecule has 0 aliphatic carbocycles. The normalized spacial score (nSPS) is 10.1. The number of anilines is 2. The minimum absolute atomic E-state index is 0.0882. The Hall–Kier alpha value is -2.43.